The molecule has 2 heterocycles. The van der Waals surface area contributed by atoms with Crippen molar-refractivity contribution in [3.05, 3.63) is 54.0 Å². The molecule has 0 spiro atoms. The molecule has 0 fully saturated rings. The number of benzene rings is 1. The molecule has 0 saturated carbocycles. The molecule has 0 unspecified atom stereocenters. The SMILES string of the molecule is Cc1cc(N)nc(S[C@H](C)c2cn(-c3ccccc3)nn2)n1. The molecule has 3 aromatic rings. The quantitative estimate of drug-likeness (QED) is 0.589. The zero-order valence-corrected chi connectivity index (χ0v) is 13.2. The molecule has 1 aromatic carbocycles. The lowest BCUT2D eigenvalue weighted by atomic mass is 10.3. The Morgan fingerprint density at radius 2 is 1.95 bits per heavy atom. The molecule has 0 amide bonds. The summed E-state index contributed by atoms with van der Waals surface area (Å²) in [6, 6.07) is 11.6. The number of rotatable bonds is 4. The number of nitrogens with two attached hydrogens (primary N) is 1. The summed E-state index contributed by atoms with van der Waals surface area (Å²) in [7, 11) is 0. The molecule has 0 saturated heterocycles. The predicted molar refractivity (Wildman–Crippen MR) is 86.8 cm³/mol. The number of nitrogen functional groups attached to an aromatic ring is 1. The van der Waals surface area contributed by atoms with Gasteiger partial charge in [-0.3, -0.25) is 0 Å². The van der Waals surface area contributed by atoms with E-state index in [-0.39, 0.29) is 5.25 Å². The van der Waals surface area contributed by atoms with Crippen molar-refractivity contribution in [1.82, 2.24) is 25.0 Å². The molecule has 22 heavy (non-hydrogen) atoms. The van der Waals surface area contributed by atoms with E-state index < -0.39 is 0 Å². The van der Waals surface area contributed by atoms with Crippen LogP contribution in [-0.4, -0.2) is 25.0 Å². The summed E-state index contributed by atoms with van der Waals surface area (Å²) in [5.74, 6) is 0.482. The van der Waals surface area contributed by atoms with Crippen LogP contribution in [0.3, 0.4) is 0 Å². The fourth-order valence-electron chi connectivity index (χ4n) is 2.01. The van der Waals surface area contributed by atoms with Crippen molar-refractivity contribution in [3.8, 4) is 5.69 Å². The van der Waals surface area contributed by atoms with Gasteiger partial charge in [-0.1, -0.05) is 35.2 Å². The lowest BCUT2D eigenvalue weighted by Crippen LogP contribution is -1.98. The molecule has 0 bridgehead atoms. The largest absolute Gasteiger partial charge is 0.384 e. The number of aromatic nitrogens is 5. The Morgan fingerprint density at radius 1 is 1.18 bits per heavy atom. The van der Waals surface area contributed by atoms with Crippen LogP contribution in [0, 0.1) is 6.92 Å². The Balaban J connectivity index is 1.78. The van der Waals surface area contributed by atoms with Crippen LogP contribution in [0.5, 0.6) is 0 Å². The van der Waals surface area contributed by atoms with Crippen molar-refractivity contribution in [1.29, 1.82) is 0 Å². The molecule has 0 radical (unpaired) electrons. The maximum atomic E-state index is 5.76. The van der Waals surface area contributed by atoms with Gasteiger partial charge in [0, 0.05) is 11.8 Å². The van der Waals surface area contributed by atoms with Crippen molar-refractivity contribution in [3.63, 3.8) is 0 Å². The maximum Gasteiger partial charge on any atom is 0.190 e. The van der Waals surface area contributed by atoms with Gasteiger partial charge in [0.25, 0.3) is 0 Å². The lowest BCUT2D eigenvalue weighted by Gasteiger charge is -2.07. The van der Waals surface area contributed by atoms with Gasteiger partial charge in [0.15, 0.2) is 5.16 Å². The molecule has 7 heteroatoms. The van der Waals surface area contributed by atoms with E-state index in [9.17, 15) is 0 Å². The van der Waals surface area contributed by atoms with Crippen LogP contribution in [-0.2, 0) is 0 Å². The Labute approximate surface area is 132 Å². The van der Waals surface area contributed by atoms with Gasteiger partial charge in [-0.05, 0) is 26.0 Å². The molecule has 0 aliphatic rings. The summed E-state index contributed by atoms with van der Waals surface area (Å²) in [4.78, 5) is 8.62. The standard InChI is InChI=1S/C15H16N6S/c1-10-8-14(16)18-15(17-10)22-11(2)13-9-21(20-19-13)12-6-4-3-5-7-12/h3-9,11H,1-2H3,(H2,16,17,18)/t11-/m1/s1. The third kappa shape index (κ3) is 3.25. The number of para-hydroxylation sites is 1. The van der Waals surface area contributed by atoms with Gasteiger partial charge < -0.3 is 5.73 Å². The second-order valence-corrected chi connectivity index (χ2v) is 6.21. The van der Waals surface area contributed by atoms with Crippen LogP contribution >= 0.6 is 11.8 Å². The predicted octanol–water partition coefficient (Wildman–Crippen LogP) is 2.80. The van der Waals surface area contributed by atoms with Crippen molar-refractivity contribution >= 4 is 17.6 Å². The lowest BCUT2D eigenvalue weighted by molar-refractivity contribution is 0.796. The number of hydrogen-bond donors (Lipinski definition) is 1. The first-order valence-corrected chi connectivity index (χ1v) is 7.75. The molecule has 1 atom stereocenters. The summed E-state index contributed by atoms with van der Waals surface area (Å²) >= 11 is 1.52. The van der Waals surface area contributed by atoms with E-state index in [0.29, 0.717) is 11.0 Å². The molecule has 2 aromatic heterocycles. The summed E-state index contributed by atoms with van der Waals surface area (Å²) < 4.78 is 1.76. The van der Waals surface area contributed by atoms with Crippen LogP contribution in [0.25, 0.3) is 5.69 Å². The number of thioether (sulfide) groups is 1. The summed E-state index contributed by atoms with van der Waals surface area (Å²) in [6.45, 7) is 3.95. The molecule has 6 nitrogen and oxygen atoms in total. The molecule has 0 aliphatic carbocycles. The van der Waals surface area contributed by atoms with Crippen LogP contribution < -0.4 is 5.73 Å². The smallest absolute Gasteiger partial charge is 0.190 e. The van der Waals surface area contributed by atoms with E-state index in [1.807, 2.05) is 50.4 Å². The minimum atomic E-state index is 0.0821. The first-order chi connectivity index (χ1) is 10.6. The Bertz CT molecular complexity index is 750. The van der Waals surface area contributed by atoms with E-state index in [1.54, 1.807) is 10.7 Å². The van der Waals surface area contributed by atoms with Crippen LogP contribution in [0.1, 0.15) is 23.6 Å². The number of hydrogen-bond acceptors (Lipinski definition) is 6. The second-order valence-electron chi connectivity index (χ2n) is 4.90. The van der Waals surface area contributed by atoms with Crippen LogP contribution in [0.15, 0.2) is 47.8 Å². The van der Waals surface area contributed by atoms with Crippen molar-refractivity contribution < 1.29 is 0 Å². The Morgan fingerprint density at radius 3 is 2.68 bits per heavy atom. The highest BCUT2D eigenvalue weighted by Crippen LogP contribution is 2.32. The maximum absolute atomic E-state index is 5.76. The normalized spacial score (nSPS) is 12.3. The van der Waals surface area contributed by atoms with E-state index in [4.69, 9.17) is 5.73 Å². The van der Waals surface area contributed by atoms with Crippen LogP contribution in [0.2, 0.25) is 0 Å². The molecule has 3 rings (SSSR count). The zero-order chi connectivity index (χ0) is 15.5. The highest BCUT2D eigenvalue weighted by molar-refractivity contribution is 7.99. The first-order valence-electron chi connectivity index (χ1n) is 6.87. The van der Waals surface area contributed by atoms with Gasteiger partial charge in [0.2, 0.25) is 0 Å². The van der Waals surface area contributed by atoms with E-state index in [1.165, 1.54) is 11.8 Å². The van der Waals surface area contributed by atoms with Gasteiger partial charge >= 0.3 is 0 Å². The average Bonchev–Trinajstić information content (AvgIpc) is 2.97. The average molecular weight is 312 g/mol. The minimum Gasteiger partial charge on any atom is -0.384 e. The number of nitrogens with zero attached hydrogens (tertiary/aromatic N) is 5. The molecule has 2 N–H and O–H groups in total. The molecule has 0 aliphatic heterocycles. The number of aryl methyl sites for hydroxylation is 1. The first kappa shape index (κ1) is 14.5. The third-order valence-corrected chi connectivity index (χ3v) is 4.07. The van der Waals surface area contributed by atoms with Gasteiger partial charge in [-0.2, -0.15) is 0 Å². The van der Waals surface area contributed by atoms with Crippen molar-refractivity contribution in [2.45, 2.75) is 24.3 Å². The Hall–Kier alpha value is -2.41. The molecular formula is C15H16N6S. The molecule has 112 valence electrons. The van der Waals surface area contributed by atoms with Gasteiger partial charge in [0.05, 0.1) is 22.8 Å². The summed E-state index contributed by atoms with van der Waals surface area (Å²) in [5, 5.41) is 9.15. The van der Waals surface area contributed by atoms with Gasteiger partial charge in [-0.25, -0.2) is 14.6 Å². The van der Waals surface area contributed by atoms with E-state index >= 15 is 0 Å². The van der Waals surface area contributed by atoms with E-state index in [2.05, 4.69) is 20.3 Å². The van der Waals surface area contributed by atoms with Gasteiger partial charge in [-0.15, -0.1) is 5.10 Å². The topological polar surface area (TPSA) is 82.5 Å². The van der Waals surface area contributed by atoms with Gasteiger partial charge in [0.1, 0.15) is 5.82 Å². The summed E-state index contributed by atoms with van der Waals surface area (Å²) in [5.41, 5.74) is 8.47. The Kier molecular flexibility index (Phi) is 4.06. The van der Waals surface area contributed by atoms with Crippen molar-refractivity contribution in [2.24, 2.45) is 0 Å². The van der Waals surface area contributed by atoms with Crippen molar-refractivity contribution in [2.75, 3.05) is 5.73 Å². The number of anilines is 1. The van der Waals surface area contributed by atoms with Crippen LogP contribution in [0.4, 0.5) is 5.82 Å². The third-order valence-electron chi connectivity index (χ3n) is 3.08. The second kappa shape index (κ2) is 6.15. The zero-order valence-electron chi connectivity index (χ0n) is 12.3. The highest BCUT2D eigenvalue weighted by Gasteiger charge is 2.14. The minimum absolute atomic E-state index is 0.0821. The fraction of sp³-hybridized carbons (Fsp3) is 0.200. The fourth-order valence-corrected chi connectivity index (χ4v) is 2.91. The van der Waals surface area contributed by atoms with E-state index in [0.717, 1.165) is 17.1 Å². The molecular weight excluding hydrogens is 296 g/mol. The highest BCUT2D eigenvalue weighted by atomic mass is 32.2. The monoisotopic (exact) mass is 312 g/mol. The summed E-state index contributed by atoms with van der Waals surface area (Å²) in [6.07, 6.45) is 1.92.